The smallest absolute Gasteiger partial charge is 0.388 e. The van der Waals surface area contributed by atoms with Crippen molar-refractivity contribution in [1.82, 2.24) is 9.97 Å². The first-order valence-electron chi connectivity index (χ1n) is 4.66. The average Bonchev–Trinajstić information content (AvgIpc) is 2.77. The number of rotatable bonds is 4. The summed E-state index contributed by atoms with van der Waals surface area (Å²) in [6.07, 6.45) is 2.85. The Kier molecular flexibility index (Phi) is 3.60. The van der Waals surface area contributed by atoms with Crippen molar-refractivity contribution in [3.8, 4) is 16.5 Å². The molecule has 0 spiro atoms. The molecule has 2 aromatic rings. The number of ether oxygens (including phenoxy) is 1. The Morgan fingerprint density at radius 2 is 2.24 bits per heavy atom. The van der Waals surface area contributed by atoms with Crippen molar-refractivity contribution in [3.05, 3.63) is 29.4 Å². The number of alkyl halides is 2. The summed E-state index contributed by atoms with van der Waals surface area (Å²) in [6.45, 7) is -3.07. The lowest BCUT2D eigenvalue weighted by molar-refractivity contribution is -0.0524. The standard InChI is InChI=1S/C10H8F2N2O2S/c11-10(12)16-8-7(2-1-3-13-8)9-14-4-6(5-15)17-9/h1-4,10,15H,5H2. The van der Waals surface area contributed by atoms with Gasteiger partial charge in [-0.25, -0.2) is 9.97 Å². The van der Waals surface area contributed by atoms with E-state index in [1.54, 1.807) is 12.1 Å². The van der Waals surface area contributed by atoms with Crippen molar-refractivity contribution in [2.24, 2.45) is 0 Å². The van der Waals surface area contributed by atoms with Gasteiger partial charge < -0.3 is 9.84 Å². The second-order valence-corrected chi connectivity index (χ2v) is 4.14. The molecule has 17 heavy (non-hydrogen) atoms. The van der Waals surface area contributed by atoms with Crippen molar-refractivity contribution >= 4 is 11.3 Å². The lowest BCUT2D eigenvalue weighted by atomic mass is 10.3. The third kappa shape index (κ3) is 2.75. The molecule has 4 nitrogen and oxygen atoms in total. The van der Waals surface area contributed by atoms with Crippen molar-refractivity contribution in [3.63, 3.8) is 0 Å². The Morgan fingerprint density at radius 3 is 2.88 bits per heavy atom. The van der Waals surface area contributed by atoms with E-state index in [2.05, 4.69) is 14.7 Å². The van der Waals surface area contributed by atoms with Crippen LogP contribution in [-0.2, 0) is 6.61 Å². The molecular weight excluding hydrogens is 250 g/mol. The Labute approximate surface area is 99.5 Å². The second kappa shape index (κ2) is 5.15. The van der Waals surface area contributed by atoms with Crippen molar-refractivity contribution in [2.75, 3.05) is 0 Å². The van der Waals surface area contributed by atoms with E-state index in [1.807, 2.05) is 0 Å². The zero-order chi connectivity index (χ0) is 12.3. The number of aliphatic hydroxyl groups excluding tert-OH is 1. The monoisotopic (exact) mass is 258 g/mol. The van der Waals surface area contributed by atoms with Crippen molar-refractivity contribution < 1.29 is 18.6 Å². The Morgan fingerprint density at radius 1 is 1.41 bits per heavy atom. The molecule has 0 aliphatic carbocycles. The molecule has 0 fully saturated rings. The minimum Gasteiger partial charge on any atom is -0.416 e. The number of thiazole rings is 1. The SMILES string of the molecule is OCc1cnc(-c2cccnc2OC(F)F)s1. The van der Waals surface area contributed by atoms with E-state index in [0.717, 1.165) is 0 Å². The molecule has 0 saturated carbocycles. The van der Waals surface area contributed by atoms with Gasteiger partial charge in [0.1, 0.15) is 5.01 Å². The molecule has 90 valence electrons. The largest absolute Gasteiger partial charge is 0.416 e. The number of halogens is 2. The fraction of sp³-hybridized carbons (Fsp3) is 0.200. The van der Waals surface area contributed by atoms with Gasteiger partial charge in [0.05, 0.1) is 17.0 Å². The van der Waals surface area contributed by atoms with Gasteiger partial charge in [0.25, 0.3) is 0 Å². The highest BCUT2D eigenvalue weighted by Crippen LogP contribution is 2.31. The van der Waals surface area contributed by atoms with E-state index in [1.165, 1.54) is 23.7 Å². The summed E-state index contributed by atoms with van der Waals surface area (Å²) in [6, 6.07) is 3.19. The fourth-order valence-corrected chi connectivity index (χ4v) is 2.03. The number of hydrogen-bond acceptors (Lipinski definition) is 5. The maximum absolute atomic E-state index is 12.2. The molecule has 0 atom stereocenters. The van der Waals surface area contributed by atoms with Crippen LogP contribution >= 0.6 is 11.3 Å². The van der Waals surface area contributed by atoms with Gasteiger partial charge in [-0.3, -0.25) is 0 Å². The lowest BCUT2D eigenvalue weighted by Gasteiger charge is -2.06. The molecule has 7 heteroatoms. The average molecular weight is 258 g/mol. The fourth-order valence-electron chi connectivity index (χ4n) is 1.24. The number of aliphatic hydroxyl groups is 1. The molecule has 2 heterocycles. The maximum atomic E-state index is 12.2. The summed E-state index contributed by atoms with van der Waals surface area (Å²) in [5.74, 6) is -0.165. The van der Waals surface area contributed by atoms with Crippen LogP contribution in [0.15, 0.2) is 24.5 Å². The summed E-state index contributed by atoms with van der Waals surface area (Å²) >= 11 is 1.20. The van der Waals surface area contributed by atoms with Gasteiger partial charge in [-0.2, -0.15) is 8.78 Å². The molecule has 0 saturated heterocycles. The molecule has 1 N–H and O–H groups in total. The summed E-state index contributed by atoms with van der Waals surface area (Å²) in [5.41, 5.74) is 0.387. The van der Waals surface area contributed by atoms with Crippen molar-refractivity contribution in [2.45, 2.75) is 13.2 Å². The number of hydrogen-bond donors (Lipinski definition) is 1. The van der Waals surface area contributed by atoms with Crippen LogP contribution in [0.25, 0.3) is 10.6 Å². The molecule has 0 aliphatic heterocycles. The first-order chi connectivity index (χ1) is 8.20. The van der Waals surface area contributed by atoms with E-state index in [-0.39, 0.29) is 12.5 Å². The Balaban J connectivity index is 2.36. The molecule has 0 aromatic carbocycles. The highest BCUT2D eigenvalue weighted by Gasteiger charge is 2.14. The van der Waals surface area contributed by atoms with Gasteiger partial charge in [0, 0.05) is 12.4 Å². The van der Waals surface area contributed by atoms with Gasteiger partial charge in [0.2, 0.25) is 5.88 Å². The normalized spacial score (nSPS) is 10.8. The zero-order valence-corrected chi connectivity index (χ0v) is 9.32. The van der Waals surface area contributed by atoms with Gasteiger partial charge in [0.15, 0.2) is 0 Å². The number of aromatic nitrogens is 2. The Hall–Kier alpha value is -1.60. The van der Waals surface area contributed by atoms with Crippen LogP contribution in [-0.4, -0.2) is 21.7 Å². The minimum atomic E-state index is -2.93. The summed E-state index contributed by atoms with van der Waals surface area (Å²) in [5, 5.41) is 9.40. The van der Waals surface area contributed by atoms with Gasteiger partial charge in [-0.05, 0) is 12.1 Å². The zero-order valence-electron chi connectivity index (χ0n) is 8.51. The van der Waals surface area contributed by atoms with Crippen LogP contribution in [0.3, 0.4) is 0 Å². The van der Waals surface area contributed by atoms with Gasteiger partial charge in [-0.15, -0.1) is 11.3 Å². The highest BCUT2D eigenvalue weighted by molar-refractivity contribution is 7.15. The number of nitrogens with zero attached hydrogens (tertiary/aromatic N) is 2. The van der Waals surface area contributed by atoms with E-state index < -0.39 is 6.61 Å². The van der Waals surface area contributed by atoms with Gasteiger partial charge in [-0.1, -0.05) is 0 Å². The number of pyridine rings is 1. The molecule has 2 aromatic heterocycles. The summed E-state index contributed by atoms with van der Waals surface area (Å²) in [4.78, 5) is 8.40. The molecule has 2 rings (SSSR count). The third-order valence-electron chi connectivity index (χ3n) is 1.91. The molecule has 0 bridgehead atoms. The van der Waals surface area contributed by atoms with E-state index in [4.69, 9.17) is 5.11 Å². The maximum Gasteiger partial charge on any atom is 0.388 e. The molecule has 0 unspecified atom stereocenters. The van der Waals surface area contributed by atoms with Crippen LogP contribution in [0.2, 0.25) is 0 Å². The topological polar surface area (TPSA) is 55.2 Å². The minimum absolute atomic E-state index is 0.136. The first-order valence-corrected chi connectivity index (χ1v) is 5.48. The quantitative estimate of drug-likeness (QED) is 0.914. The second-order valence-electron chi connectivity index (χ2n) is 3.02. The molecular formula is C10H8F2N2O2S. The van der Waals surface area contributed by atoms with Crippen LogP contribution in [0.1, 0.15) is 4.88 Å². The predicted octanol–water partition coefficient (Wildman–Crippen LogP) is 2.30. The van der Waals surface area contributed by atoms with Crippen LogP contribution in [0.5, 0.6) is 5.88 Å². The first kappa shape index (κ1) is 11.9. The van der Waals surface area contributed by atoms with Crippen LogP contribution in [0.4, 0.5) is 8.78 Å². The summed E-state index contributed by atoms with van der Waals surface area (Å²) in [7, 11) is 0. The van der Waals surface area contributed by atoms with Gasteiger partial charge >= 0.3 is 6.61 Å². The van der Waals surface area contributed by atoms with Crippen LogP contribution in [0, 0.1) is 0 Å². The molecule has 0 amide bonds. The van der Waals surface area contributed by atoms with Crippen LogP contribution < -0.4 is 4.74 Å². The van der Waals surface area contributed by atoms with Crippen molar-refractivity contribution in [1.29, 1.82) is 0 Å². The highest BCUT2D eigenvalue weighted by atomic mass is 32.1. The predicted molar refractivity (Wildman–Crippen MR) is 57.9 cm³/mol. The molecule has 0 radical (unpaired) electrons. The molecule has 0 aliphatic rings. The van der Waals surface area contributed by atoms with E-state index in [0.29, 0.717) is 15.4 Å². The van der Waals surface area contributed by atoms with E-state index >= 15 is 0 Å². The Bertz CT molecular complexity index is 505. The summed E-state index contributed by atoms with van der Waals surface area (Å²) < 4.78 is 28.6. The van der Waals surface area contributed by atoms with E-state index in [9.17, 15) is 8.78 Å². The lowest BCUT2D eigenvalue weighted by Crippen LogP contribution is -2.04. The third-order valence-corrected chi connectivity index (χ3v) is 2.93.